The Morgan fingerprint density at radius 2 is 1.74 bits per heavy atom. The Kier molecular flexibility index (Phi) is 4.48. The van der Waals surface area contributed by atoms with E-state index in [-0.39, 0.29) is 12.2 Å². The minimum Gasteiger partial charge on any atom is -0.294 e. The van der Waals surface area contributed by atoms with E-state index in [2.05, 4.69) is 22.9 Å². The third-order valence-corrected chi connectivity index (χ3v) is 3.72. The molecule has 0 radical (unpaired) electrons. The largest absolute Gasteiger partial charge is 0.294 e. The van der Waals surface area contributed by atoms with Crippen molar-refractivity contribution in [2.24, 2.45) is 0 Å². The van der Waals surface area contributed by atoms with Crippen molar-refractivity contribution in [1.82, 2.24) is 0 Å². The van der Waals surface area contributed by atoms with Crippen molar-refractivity contribution in [3.8, 4) is 0 Å². The molecule has 0 saturated heterocycles. The number of carbonyl (C=O) groups is 1. The van der Waals surface area contributed by atoms with Crippen molar-refractivity contribution in [2.45, 2.75) is 19.8 Å². The van der Waals surface area contributed by atoms with Crippen LogP contribution in [-0.2, 0) is 12.8 Å². The second-order valence-electron chi connectivity index (χ2n) is 4.39. The van der Waals surface area contributed by atoms with Gasteiger partial charge in [-0.05, 0) is 35.7 Å². The van der Waals surface area contributed by atoms with Gasteiger partial charge < -0.3 is 0 Å². The smallest absolute Gasteiger partial charge is 0.168 e. The first-order valence-corrected chi connectivity index (χ1v) is 6.95. The van der Waals surface area contributed by atoms with Crippen LogP contribution in [-0.4, -0.2) is 5.78 Å². The molecule has 0 aliphatic rings. The van der Waals surface area contributed by atoms with E-state index < -0.39 is 5.82 Å². The van der Waals surface area contributed by atoms with Gasteiger partial charge in [0.05, 0.1) is 0 Å². The highest BCUT2D eigenvalue weighted by Crippen LogP contribution is 2.20. The molecule has 19 heavy (non-hydrogen) atoms. The molecule has 0 unspecified atom stereocenters. The van der Waals surface area contributed by atoms with Gasteiger partial charge in [0.1, 0.15) is 5.82 Å². The van der Waals surface area contributed by atoms with Crippen LogP contribution >= 0.6 is 15.9 Å². The van der Waals surface area contributed by atoms with Crippen LogP contribution in [0.5, 0.6) is 0 Å². The number of benzene rings is 2. The van der Waals surface area contributed by atoms with Gasteiger partial charge in [-0.15, -0.1) is 0 Å². The van der Waals surface area contributed by atoms with E-state index in [9.17, 15) is 9.18 Å². The molecule has 2 aromatic rings. The fourth-order valence-electron chi connectivity index (χ4n) is 1.88. The van der Waals surface area contributed by atoms with E-state index >= 15 is 0 Å². The number of hydrogen-bond donors (Lipinski definition) is 0. The van der Waals surface area contributed by atoms with Gasteiger partial charge in [0.2, 0.25) is 0 Å². The van der Waals surface area contributed by atoms with Crippen LogP contribution in [0, 0.1) is 5.82 Å². The maximum atomic E-state index is 13.2. The van der Waals surface area contributed by atoms with Crippen LogP contribution < -0.4 is 0 Å². The molecule has 0 N–H and O–H groups in total. The number of ketones is 1. The second-order valence-corrected chi connectivity index (χ2v) is 5.25. The van der Waals surface area contributed by atoms with Crippen molar-refractivity contribution < 1.29 is 9.18 Å². The van der Waals surface area contributed by atoms with Crippen molar-refractivity contribution in [3.05, 3.63) is 69.4 Å². The molecule has 0 saturated carbocycles. The second kappa shape index (κ2) is 6.11. The Morgan fingerprint density at radius 3 is 2.37 bits per heavy atom. The highest BCUT2D eigenvalue weighted by Gasteiger charge is 2.11. The summed E-state index contributed by atoms with van der Waals surface area (Å²) in [7, 11) is 0. The van der Waals surface area contributed by atoms with E-state index in [1.165, 1.54) is 17.7 Å². The number of aryl methyl sites for hydroxylation is 1. The Labute approximate surface area is 120 Å². The lowest BCUT2D eigenvalue weighted by molar-refractivity contribution is 0.0992. The van der Waals surface area contributed by atoms with Crippen molar-refractivity contribution >= 4 is 21.7 Å². The fourth-order valence-corrected chi connectivity index (χ4v) is 2.35. The molecule has 0 heterocycles. The molecular weight excluding hydrogens is 307 g/mol. The van der Waals surface area contributed by atoms with E-state index in [0.29, 0.717) is 10.0 Å². The van der Waals surface area contributed by atoms with Gasteiger partial charge >= 0.3 is 0 Å². The molecule has 98 valence electrons. The van der Waals surface area contributed by atoms with E-state index in [4.69, 9.17) is 0 Å². The maximum absolute atomic E-state index is 13.2. The molecule has 0 fully saturated rings. The quantitative estimate of drug-likeness (QED) is 0.754. The topological polar surface area (TPSA) is 17.1 Å². The SMILES string of the molecule is CCc1ccc(CC(=O)c2cc(F)ccc2Br)cc1. The molecule has 1 nitrogen and oxygen atoms in total. The number of rotatable bonds is 4. The molecule has 3 heteroatoms. The zero-order valence-corrected chi connectivity index (χ0v) is 12.2. The lowest BCUT2D eigenvalue weighted by Gasteiger charge is -2.05. The zero-order valence-electron chi connectivity index (χ0n) is 10.6. The number of Topliss-reactive ketones (excluding diaryl/α,β-unsaturated/α-hetero) is 1. The molecule has 0 amide bonds. The number of hydrogen-bond acceptors (Lipinski definition) is 1. The summed E-state index contributed by atoms with van der Waals surface area (Å²) < 4.78 is 13.8. The first-order valence-electron chi connectivity index (χ1n) is 6.16. The van der Waals surface area contributed by atoms with Crippen molar-refractivity contribution in [1.29, 1.82) is 0 Å². The van der Waals surface area contributed by atoms with E-state index in [1.54, 1.807) is 6.07 Å². The Bertz CT molecular complexity index is 590. The summed E-state index contributed by atoms with van der Waals surface area (Å²) in [6, 6.07) is 12.1. The molecular formula is C16H14BrFO. The Morgan fingerprint density at radius 1 is 1.11 bits per heavy atom. The van der Waals surface area contributed by atoms with Crippen LogP contribution in [0.1, 0.15) is 28.4 Å². The summed E-state index contributed by atoms with van der Waals surface area (Å²) in [6.07, 6.45) is 1.26. The van der Waals surface area contributed by atoms with Crippen LogP contribution in [0.2, 0.25) is 0 Å². The first kappa shape index (κ1) is 13.9. The van der Waals surface area contributed by atoms with Crippen LogP contribution in [0.4, 0.5) is 4.39 Å². The average Bonchev–Trinajstić information content (AvgIpc) is 2.42. The summed E-state index contributed by atoms with van der Waals surface area (Å²) in [5.74, 6) is -0.483. The van der Waals surface area contributed by atoms with Crippen LogP contribution in [0.25, 0.3) is 0 Å². The minimum absolute atomic E-state index is 0.0874. The first-order chi connectivity index (χ1) is 9.10. The zero-order chi connectivity index (χ0) is 13.8. The van der Waals surface area contributed by atoms with Gasteiger partial charge in [-0.25, -0.2) is 4.39 Å². The maximum Gasteiger partial charge on any atom is 0.168 e. The lowest BCUT2D eigenvalue weighted by atomic mass is 10.0. The Balaban J connectivity index is 2.18. The minimum atomic E-state index is -0.395. The van der Waals surface area contributed by atoms with E-state index in [1.807, 2.05) is 24.3 Å². The van der Waals surface area contributed by atoms with Gasteiger partial charge in [0.25, 0.3) is 0 Å². The summed E-state index contributed by atoms with van der Waals surface area (Å²) in [4.78, 5) is 12.1. The number of halogens is 2. The molecule has 0 aromatic heterocycles. The van der Waals surface area contributed by atoms with Gasteiger partial charge in [-0.2, -0.15) is 0 Å². The third kappa shape index (κ3) is 3.51. The molecule has 0 aliphatic heterocycles. The van der Waals surface area contributed by atoms with Crippen LogP contribution in [0.15, 0.2) is 46.9 Å². The molecule has 2 aromatic carbocycles. The monoisotopic (exact) mass is 320 g/mol. The van der Waals surface area contributed by atoms with Gasteiger partial charge in [0.15, 0.2) is 5.78 Å². The molecule has 2 rings (SSSR count). The predicted octanol–water partition coefficient (Wildman–Crippen LogP) is 4.58. The summed E-state index contributed by atoms with van der Waals surface area (Å²) >= 11 is 3.28. The third-order valence-electron chi connectivity index (χ3n) is 3.02. The molecule has 0 atom stereocenters. The van der Waals surface area contributed by atoms with Gasteiger partial charge in [0, 0.05) is 16.5 Å². The number of carbonyl (C=O) groups excluding carboxylic acids is 1. The normalized spacial score (nSPS) is 10.5. The van der Waals surface area contributed by atoms with Crippen molar-refractivity contribution in [3.63, 3.8) is 0 Å². The predicted molar refractivity (Wildman–Crippen MR) is 78.0 cm³/mol. The summed E-state index contributed by atoms with van der Waals surface area (Å²) in [5, 5.41) is 0. The van der Waals surface area contributed by atoms with Crippen molar-refractivity contribution in [2.75, 3.05) is 0 Å². The van der Waals surface area contributed by atoms with Gasteiger partial charge in [-0.1, -0.05) is 47.1 Å². The summed E-state index contributed by atoms with van der Waals surface area (Å²) in [6.45, 7) is 2.09. The Hall–Kier alpha value is -1.48. The molecule has 0 bridgehead atoms. The fraction of sp³-hybridized carbons (Fsp3) is 0.188. The molecule has 0 spiro atoms. The standard InChI is InChI=1S/C16H14BrFO/c1-2-11-3-5-12(6-4-11)9-16(19)14-10-13(18)7-8-15(14)17/h3-8,10H,2,9H2,1H3. The van der Waals surface area contributed by atoms with Crippen LogP contribution in [0.3, 0.4) is 0 Å². The highest BCUT2D eigenvalue weighted by atomic mass is 79.9. The molecule has 0 aliphatic carbocycles. The summed E-state index contributed by atoms with van der Waals surface area (Å²) in [5.41, 5.74) is 2.57. The average molecular weight is 321 g/mol. The lowest BCUT2D eigenvalue weighted by Crippen LogP contribution is -2.05. The van der Waals surface area contributed by atoms with E-state index in [0.717, 1.165) is 12.0 Å². The van der Waals surface area contributed by atoms with Gasteiger partial charge in [-0.3, -0.25) is 4.79 Å². The highest BCUT2D eigenvalue weighted by molar-refractivity contribution is 9.10.